The highest BCUT2D eigenvalue weighted by molar-refractivity contribution is 5.91. The molecule has 11 heteroatoms. The van der Waals surface area contributed by atoms with Crippen LogP contribution in [0.1, 0.15) is 26.3 Å². The van der Waals surface area contributed by atoms with E-state index < -0.39 is 53.7 Å². The van der Waals surface area contributed by atoms with Crippen LogP contribution in [0.15, 0.2) is 24.3 Å². The number of urea groups is 1. The van der Waals surface area contributed by atoms with Crippen LogP contribution < -0.4 is 5.32 Å². The van der Waals surface area contributed by atoms with Gasteiger partial charge in [0.2, 0.25) is 0 Å². The largest absolute Gasteiger partial charge is 0.480 e. The molecule has 1 aromatic rings. The quantitative estimate of drug-likeness (QED) is 0.770. The number of anilines is 1. The van der Waals surface area contributed by atoms with E-state index in [-0.39, 0.29) is 13.1 Å². The van der Waals surface area contributed by atoms with Crippen LogP contribution in [0.5, 0.6) is 0 Å². The van der Waals surface area contributed by atoms with Crippen molar-refractivity contribution in [1.82, 2.24) is 9.80 Å². The number of benzene rings is 1. The van der Waals surface area contributed by atoms with Gasteiger partial charge in [-0.2, -0.15) is 13.2 Å². The first kappa shape index (κ1) is 22.3. The number of alkyl halides is 3. The summed E-state index contributed by atoms with van der Waals surface area (Å²) in [7, 11) is 0. The Kier molecular flexibility index (Phi) is 6.29. The van der Waals surface area contributed by atoms with Gasteiger partial charge in [-0.3, -0.25) is 4.90 Å². The van der Waals surface area contributed by atoms with Crippen LogP contribution >= 0.6 is 0 Å². The first-order chi connectivity index (χ1) is 13.3. The zero-order valence-electron chi connectivity index (χ0n) is 16.1. The summed E-state index contributed by atoms with van der Waals surface area (Å²) < 4.78 is 44.4. The van der Waals surface area contributed by atoms with E-state index >= 15 is 0 Å². The number of aliphatic carboxylic acids is 1. The number of nitrogens with zero attached hydrogens (tertiary/aromatic N) is 2. The number of hydrogen-bond donors (Lipinski definition) is 2. The molecule has 1 aliphatic rings. The summed E-state index contributed by atoms with van der Waals surface area (Å²) in [6, 6.07) is 2.19. The van der Waals surface area contributed by atoms with Crippen molar-refractivity contribution in [3.05, 3.63) is 29.8 Å². The van der Waals surface area contributed by atoms with Gasteiger partial charge in [-0.15, -0.1) is 0 Å². The lowest BCUT2D eigenvalue weighted by Crippen LogP contribution is -2.60. The molecule has 1 aliphatic heterocycles. The Morgan fingerprint density at radius 2 is 1.76 bits per heavy atom. The minimum Gasteiger partial charge on any atom is -0.480 e. The minimum atomic E-state index is -4.66. The molecule has 160 valence electrons. The molecule has 0 aromatic heterocycles. The highest BCUT2D eigenvalue weighted by atomic mass is 19.4. The molecular weight excluding hydrogens is 395 g/mol. The fourth-order valence-electron chi connectivity index (χ4n) is 2.75. The zero-order chi connectivity index (χ0) is 22.0. The number of carbonyl (C=O) groups is 3. The second kappa shape index (κ2) is 8.18. The van der Waals surface area contributed by atoms with E-state index in [4.69, 9.17) is 4.74 Å². The molecule has 0 saturated carbocycles. The van der Waals surface area contributed by atoms with E-state index in [1.165, 1.54) is 12.1 Å². The van der Waals surface area contributed by atoms with Gasteiger partial charge < -0.3 is 20.1 Å². The summed E-state index contributed by atoms with van der Waals surface area (Å²) >= 11 is 0. The third-order valence-corrected chi connectivity index (χ3v) is 4.05. The number of ether oxygens (including phenoxy) is 1. The van der Waals surface area contributed by atoms with E-state index in [0.717, 1.165) is 21.9 Å². The number of halogens is 3. The standard InChI is InChI=1S/C18H22F3N3O5/c1-17(2,3)29-16(28)24-9-8-23(10-13(24)14(25)26)15(27)22-12-7-5-4-6-11(12)18(19,20)21/h4-7,13H,8-10H2,1-3H3,(H,22,27)(H,25,26). The fourth-order valence-corrected chi connectivity index (χ4v) is 2.75. The van der Waals surface area contributed by atoms with Crippen molar-refractivity contribution in [2.24, 2.45) is 0 Å². The van der Waals surface area contributed by atoms with Gasteiger partial charge in [0.25, 0.3) is 0 Å². The van der Waals surface area contributed by atoms with Crippen LogP contribution in [0.2, 0.25) is 0 Å². The normalized spacial score (nSPS) is 17.7. The van der Waals surface area contributed by atoms with Crippen molar-refractivity contribution in [2.45, 2.75) is 38.6 Å². The third-order valence-electron chi connectivity index (χ3n) is 4.05. The maximum absolute atomic E-state index is 13.1. The number of carboxylic acids is 1. The number of rotatable bonds is 2. The fraction of sp³-hybridized carbons (Fsp3) is 0.500. The second-order valence-electron chi connectivity index (χ2n) is 7.45. The Hall–Kier alpha value is -2.98. The Morgan fingerprint density at radius 1 is 1.14 bits per heavy atom. The van der Waals surface area contributed by atoms with Crippen molar-refractivity contribution < 1.29 is 37.4 Å². The van der Waals surface area contributed by atoms with Crippen LogP contribution in [0.4, 0.5) is 28.4 Å². The third kappa shape index (κ3) is 5.75. The summed E-state index contributed by atoms with van der Waals surface area (Å²) in [4.78, 5) is 38.3. The van der Waals surface area contributed by atoms with Gasteiger partial charge in [0.1, 0.15) is 5.60 Å². The molecule has 0 bridgehead atoms. The number of carboxylic acid groups (broad SMARTS) is 1. The molecule has 1 unspecified atom stereocenters. The molecular formula is C18H22F3N3O5. The predicted octanol–water partition coefficient (Wildman–Crippen LogP) is 3.24. The van der Waals surface area contributed by atoms with Crippen molar-refractivity contribution >= 4 is 23.8 Å². The number of amides is 3. The van der Waals surface area contributed by atoms with Gasteiger partial charge >= 0.3 is 24.3 Å². The van der Waals surface area contributed by atoms with Gasteiger partial charge in [0.05, 0.1) is 17.8 Å². The summed E-state index contributed by atoms with van der Waals surface area (Å²) in [5.74, 6) is -1.36. The number of hydrogen-bond acceptors (Lipinski definition) is 4. The van der Waals surface area contributed by atoms with E-state index in [1.54, 1.807) is 20.8 Å². The Balaban J connectivity index is 2.13. The summed E-state index contributed by atoms with van der Waals surface area (Å²) in [6.07, 6.45) is -5.50. The lowest BCUT2D eigenvalue weighted by Gasteiger charge is -2.39. The molecule has 0 spiro atoms. The molecule has 8 nitrogen and oxygen atoms in total. The highest BCUT2D eigenvalue weighted by Crippen LogP contribution is 2.34. The molecule has 2 N–H and O–H groups in total. The van der Waals surface area contributed by atoms with Crippen LogP contribution in [-0.2, 0) is 15.7 Å². The minimum absolute atomic E-state index is 0.0664. The van der Waals surface area contributed by atoms with Crippen LogP contribution in [0.3, 0.4) is 0 Å². The van der Waals surface area contributed by atoms with Crippen molar-refractivity contribution in [1.29, 1.82) is 0 Å². The van der Waals surface area contributed by atoms with Gasteiger partial charge in [-0.25, -0.2) is 14.4 Å². The SMILES string of the molecule is CC(C)(C)OC(=O)N1CCN(C(=O)Nc2ccccc2C(F)(F)F)CC1C(=O)O. The van der Waals surface area contributed by atoms with E-state index in [1.807, 2.05) is 0 Å². The van der Waals surface area contributed by atoms with E-state index in [2.05, 4.69) is 5.32 Å². The number of carbonyl (C=O) groups excluding carboxylic acids is 2. The average molecular weight is 417 g/mol. The topological polar surface area (TPSA) is 99.2 Å². The molecule has 2 rings (SSSR count). The number of para-hydroxylation sites is 1. The zero-order valence-corrected chi connectivity index (χ0v) is 16.1. The van der Waals surface area contributed by atoms with Crippen LogP contribution in [0, 0.1) is 0 Å². The molecule has 1 saturated heterocycles. The highest BCUT2D eigenvalue weighted by Gasteiger charge is 2.40. The second-order valence-corrected chi connectivity index (χ2v) is 7.45. The van der Waals surface area contributed by atoms with Crippen molar-refractivity contribution in [3.63, 3.8) is 0 Å². The lowest BCUT2D eigenvalue weighted by atomic mass is 10.1. The number of nitrogens with one attached hydrogen (secondary N) is 1. The molecule has 1 fully saturated rings. The van der Waals surface area contributed by atoms with Crippen molar-refractivity contribution in [2.75, 3.05) is 25.0 Å². The summed E-state index contributed by atoms with van der Waals surface area (Å²) in [5, 5.41) is 11.6. The molecule has 3 amide bonds. The van der Waals surface area contributed by atoms with Crippen molar-refractivity contribution in [3.8, 4) is 0 Å². The molecule has 0 radical (unpaired) electrons. The van der Waals surface area contributed by atoms with Gasteiger partial charge in [0.15, 0.2) is 6.04 Å². The molecule has 1 atom stereocenters. The number of piperazine rings is 1. The summed E-state index contributed by atoms with van der Waals surface area (Å²) in [5.41, 5.74) is -2.29. The first-order valence-corrected chi connectivity index (χ1v) is 8.74. The Bertz CT molecular complexity index is 792. The first-order valence-electron chi connectivity index (χ1n) is 8.74. The smallest absolute Gasteiger partial charge is 0.418 e. The molecule has 29 heavy (non-hydrogen) atoms. The van der Waals surface area contributed by atoms with Crippen LogP contribution in [0.25, 0.3) is 0 Å². The maximum Gasteiger partial charge on any atom is 0.418 e. The lowest BCUT2D eigenvalue weighted by molar-refractivity contribution is -0.145. The molecule has 1 aromatic carbocycles. The Morgan fingerprint density at radius 3 is 2.31 bits per heavy atom. The molecule has 0 aliphatic carbocycles. The maximum atomic E-state index is 13.1. The van der Waals surface area contributed by atoms with Gasteiger partial charge in [-0.05, 0) is 32.9 Å². The molecule has 1 heterocycles. The predicted molar refractivity (Wildman–Crippen MR) is 96.4 cm³/mol. The van der Waals surface area contributed by atoms with Gasteiger partial charge in [-0.1, -0.05) is 12.1 Å². The van der Waals surface area contributed by atoms with E-state index in [9.17, 15) is 32.7 Å². The average Bonchev–Trinajstić information content (AvgIpc) is 2.59. The monoisotopic (exact) mass is 417 g/mol. The summed E-state index contributed by atoms with van der Waals surface area (Å²) in [6.45, 7) is 4.28. The van der Waals surface area contributed by atoms with Gasteiger partial charge in [0, 0.05) is 13.1 Å². The van der Waals surface area contributed by atoms with Crippen LogP contribution in [-0.4, -0.2) is 64.3 Å². The Labute approximate surface area is 165 Å². The van der Waals surface area contributed by atoms with E-state index in [0.29, 0.717) is 0 Å².